The van der Waals surface area contributed by atoms with E-state index in [1.54, 1.807) is 0 Å². The number of nitrogens with zero attached hydrogens (tertiary/aromatic N) is 1. The van der Waals surface area contributed by atoms with Gasteiger partial charge in [0.05, 0.1) is 0 Å². The molecule has 18 heavy (non-hydrogen) atoms. The third-order valence-corrected chi connectivity index (χ3v) is 3.60. The zero-order chi connectivity index (χ0) is 12.7. The molecule has 90 valence electrons. The quantitative estimate of drug-likeness (QED) is 0.640. The topological polar surface area (TPSA) is 26.0 Å². The molecule has 1 aromatic heterocycles. The highest BCUT2D eigenvalue weighted by molar-refractivity contribution is 9.10. The molecule has 0 aliphatic heterocycles. The first-order chi connectivity index (χ1) is 8.63. The van der Waals surface area contributed by atoms with E-state index in [-0.39, 0.29) is 0 Å². The molecule has 0 aliphatic rings. The molecule has 0 saturated carbocycles. The fourth-order valence-corrected chi connectivity index (χ4v) is 2.25. The Labute approximate surface area is 114 Å². The second-order valence-electron chi connectivity index (χ2n) is 4.43. The lowest BCUT2D eigenvalue weighted by molar-refractivity contribution is 0.619. The van der Waals surface area contributed by atoms with Gasteiger partial charge in [-0.25, -0.2) is 4.98 Å². The van der Waals surface area contributed by atoms with Crippen LogP contribution < -0.4 is 0 Å². The second-order valence-corrected chi connectivity index (χ2v) is 5.35. The van der Waals surface area contributed by atoms with Crippen molar-refractivity contribution in [3.8, 4) is 11.5 Å². The normalized spacial score (nSPS) is 11.1. The minimum atomic E-state index is 0.672. The molecule has 0 fully saturated rings. The molecular weight excluding hydrogens is 290 g/mol. The van der Waals surface area contributed by atoms with Crippen LogP contribution in [0.15, 0.2) is 45.3 Å². The van der Waals surface area contributed by atoms with Crippen LogP contribution >= 0.6 is 15.9 Å². The van der Waals surface area contributed by atoms with Gasteiger partial charge in [-0.2, -0.15) is 0 Å². The Morgan fingerprint density at radius 1 is 1.00 bits per heavy atom. The third-order valence-electron chi connectivity index (χ3n) is 3.10. The summed E-state index contributed by atoms with van der Waals surface area (Å²) in [6.07, 6.45) is 0. The molecule has 0 amide bonds. The fourth-order valence-electron chi connectivity index (χ4n) is 1.90. The molecule has 1 heterocycles. The average molecular weight is 302 g/mol. The number of hydrogen-bond acceptors (Lipinski definition) is 2. The minimum absolute atomic E-state index is 0.672. The van der Waals surface area contributed by atoms with Crippen molar-refractivity contribution in [3.05, 3.63) is 52.0 Å². The van der Waals surface area contributed by atoms with Crippen molar-refractivity contribution in [1.82, 2.24) is 4.98 Å². The van der Waals surface area contributed by atoms with Crippen molar-refractivity contribution in [2.24, 2.45) is 0 Å². The number of benzene rings is 2. The zero-order valence-electron chi connectivity index (χ0n) is 10.2. The maximum absolute atomic E-state index is 5.77. The lowest BCUT2D eigenvalue weighted by Gasteiger charge is -2.01. The van der Waals surface area contributed by atoms with Crippen LogP contribution in [-0.2, 0) is 0 Å². The number of aryl methyl sites for hydroxylation is 2. The third kappa shape index (κ3) is 1.95. The van der Waals surface area contributed by atoms with Gasteiger partial charge in [-0.05, 0) is 55.3 Å². The first kappa shape index (κ1) is 11.5. The first-order valence-electron chi connectivity index (χ1n) is 5.77. The highest BCUT2D eigenvalue weighted by atomic mass is 79.9. The zero-order valence-corrected chi connectivity index (χ0v) is 11.8. The number of oxazole rings is 1. The van der Waals surface area contributed by atoms with E-state index in [2.05, 4.69) is 46.9 Å². The van der Waals surface area contributed by atoms with Crippen LogP contribution in [0.4, 0.5) is 0 Å². The molecule has 3 aromatic rings. The Kier molecular flexibility index (Phi) is 2.71. The number of hydrogen-bond donors (Lipinski definition) is 0. The highest BCUT2D eigenvalue weighted by Crippen LogP contribution is 2.27. The van der Waals surface area contributed by atoms with E-state index in [1.165, 1.54) is 11.1 Å². The van der Waals surface area contributed by atoms with E-state index in [0.29, 0.717) is 5.89 Å². The number of aromatic nitrogens is 1. The van der Waals surface area contributed by atoms with E-state index in [0.717, 1.165) is 21.1 Å². The monoisotopic (exact) mass is 301 g/mol. The van der Waals surface area contributed by atoms with Gasteiger partial charge in [-0.15, -0.1) is 0 Å². The lowest BCUT2D eigenvalue weighted by Crippen LogP contribution is -1.83. The van der Waals surface area contributed by atoms with E-state index < -0.39 is 0 Å². The van der Waals surface area contributed by atoms with Gasteiger partial charge in [-0.3, -0.25) is 0 Å². The van der Waals surface area contributed by atoms with Crippen LogP contribution in [0.5, 0.6) is 0 Å². The summed E-state index contributed by atoms with van der Waals surface area (Å²) in [7, 11) is 0. The average Bonchev–Trinajstić information content (AvgIpc) is 2.75. The second kappa shape index (κ2) is 4.25. The summed E-state index contributed by atoms with van der Waals surface area (Å²) < 4.78 is 6.78. The van der Waals surface area contributed by atoms with Gasteiger partial charge in [0, 0.05) is 10.0 Å². The van der Waals surface area contributed by atoms with Gasteiger partial charge in [-0.1, -0.05) is 22.0 Å². The SMILES string of the molecule is Cc1ccc(-c2nc3cc(Br)ccc3o2)cc1C. The summed E-state index contributed by atoms with van der Waals surface area (Å²) in [5.74, 6) is 0.672. The Balaban J connectivity index is 2.16. The first-order valence-corrected chi connectivity index (χ1v) is 6.56. The summed E-state index contributed by atoms with van der Waals surface area (Å²) in [5, 5.41) is 0. The summed E-state index contributed by atoms with van der Waals surface area (Å²) in [4.78, 5) is 4.52. The molecule has 0 radical (unpaired) electrons. The van der Waals surface area contributed by atoms with Crippen LogP contribution in [0.2, 0.25) is 0 Å². The van der Waals surface area contributed by atoms with E-state index in [1.807, 2.05) is 24.3 Å². The van der Waals surface area contributed by atoms with Gasteiger partial charge >= 0.3 is 0 Å². The van der Waals surface area contributed by atoms with Crippen molar-refractivity contribution in [1.29, 1.82) is 0 Å². The van der Waals surface area contributed by atoms with Gasteiger partial charge in [0.15, 0.2) is 5.58 Å². The van der Waals surface area contributed by atoms with E-state index >= 15 is 0 Å². The predicted octanol–water partition coefficient (Wildman–Crippen LogP) is 4.87. The highest BCUT2D eigenvalue weighted by Gasteiger charge is 2.09. The molecule has 0 atom stereocenters. The Hall–Kier alpha value is -1.61. The van der Waals surface area contributed by atoms with Crippen LogP contribution in [0, 0.1) is 13.8 Å². The lowest BCUT2D eigenvalue weighted by atomic mass is 10.1. The van der Waals surface area contributed by atoms with Crippen LogP contribution in [0.1, 0.15) is 11.1 Å². The van der Waals surface area contributed by atoms with Gasteiger partial charge in [0.2, 0.25) is 5.89 Å². The molecular formula is C15H12BrNO. The minimum Gasteiger partial charge on any atom is -0.436 e. The van der Waals surface area contributed by atoms with Crippen LogP contribution in [-0.4, -0.2) is 4.98 Å². The van der Waals surface area contributed by atoms with Crippen LogP contribution in [0.3, 0.4) is 0 Å². The summed E-state index contributed by atoms with van der Waals surface area (Å²) in [6, 6.07) is 12.1. The summed E-state index contributed by atoms with van der Waals surface area (Å²) in [5.41, 5.74) is 5.22. The molecule has 0 saturated heterocycles. The molecule has 0 spiro atoms. The number of fused-ring (bicyclic) bond motifs is 1. The van der Waals surface area contributed by atoms with Crippen molar-refractivity contribution in [3.63, 3.8) is 0 Å². The van der Waals surface area contributed by atoms with Crippen molar-refractivity contribution in [2.45, 2.75) is 13.8 Å². The molecule has 2 nitrogen and oxygen atoms in total. The van der Waals surface area contributed by atoms with Crippen molar-refractivity contribution >= 4 is 27.0 Å². The van der Waals surface area contributed by atoms with Gasteiger partial charge in [0.25, 0.3) is 0 Å². The standard InChI is InChI=1S/C15H12BrNO/c1-9-3-4-11(7-10(9)2)15-17-13-8-12(16)5-6-14(13)18-15/h3-8H,1-2H3. The molecule has 2 aromatic carbocycles. The molecule has 0 N–H and O–H groups in total. The molecule has 3 heteroatoms. The Morgan fingerprint density at radius 2 is 1.83 bits per heavy atom. The number of rotatable bonds is 1. The Bertz CT molecular complexity index is 730. The number of halogens is 1. The summed E-state index contributed by atoms with van der Waals surface area (Å²) in [6.45, 7) is 4.19. The molecule has 0 unspecified atom stereocenters. The molecule has 0 aliphatic carbocycles. The maximum Gasteiger partial charge on any atom is 0.227 e. The molecule has 3 rings (SSSR count). The van der Waals surface area contributed by atoms with Gasteiger partial charge < -0.3 is 4.42 Å². The fraction of sp³-hybridized carbons (Fsp3) is 0.133. The van der Waals surface area contributed by atoms with Crippen LogP contribution in [0.25, 0.3) is 22.6 Å². The van der Waals surface area contributed by atoms with E-state index in [4.69, 9.17) is 4.42 Å². The Morgan fingerprint density at radius 3 is 2.61 bits per heavy atom. The van der Waals surface area contributed by atoms with Gasteiger partial charge in [0.1, 0.15) is 5.52 Å². The van der Waals surface area contributed by atoms with E-state index in [9.17, 15) is 0 Å². The smallest absolute Gasteiger partial charge is 0.227 e. The largest absolute Gasteiger partial charge is 0.436 e. The summed E-state index contributed by atoms with van der Waals surface area (Å²) >= 11 is 3.44. The molecule has 0 bridgehead atoms. The predicted molar refractivity (Wildman–Crippen MR) is 76.6 cm³/mol. The van der Waals surface area contributed by atoms with Crippen molar-refractivity contribution in [2.75, 3.05) is 0 Å². The maximum atomic E-state index is 5.77. The van der Waals surface area contributed by atoms with Crippen molar-refractivity contribution < 1.29 is 4.42 Å².